The first-order valence-corrected chi connectivity index (χ1v) is 9.19. The van der Waals surface area contributed by atoms with Crippen LogP contribution in [0.3, 0.4) is 0 Å². The maximum absolute atomic E-state index is 12.1. The van der Waals surface area contributed by atoms with Crippen molar-refractivity contribution in [2.45, 2.75) is 11.0 Å². The van der Waals surface area contributed by atoms with Gasteiger partial charge in [-0.25, -0.2) is 0 Å². The standard InChI is InChI=1S/C19H22N2O4S/c1-24-15-8-4-6-13(10-15)17(25-2)12-20-18(22)19(23)21-14-7-5-9-16(11-14)26-3/h4-11,17H,12H2,1-3H3,(H,20,22)(H,21,23). The lowest BCUT2D eigenvalue weighted by Gasteiger charge is -2.17. The van der Waals surface area contributed by atoms with Gasteiger partial charge in [-0.1, -0.05) is 18.2 Å². The number of nitrogens with one attached hydrogen (secondary N) is 2. The van der Waals surface area contributed by atoms with Gasteiger partial charge < -0.3 is 20.1 Å². The average molecular weight is 374 g/mol. The van der Waals surface area contributed by atoms with Crippen LogP contribution in [0.15, 0.2) is 53.4 Å². The Bertz CT molecular complexity index is 767. The number of methoxy groups -OCH3 is 2. The van der Waals surface area contributed by atoms with Gasteiger partial charge in [0.05, 0.1) is 13.2 Å². The quantitative estimate of drug-likeness (QED) is 0.576. The minimum Gasteiger partial charge on any atom is -0.497 e. The van der Waals surface area contributed by atoms with Gasteiger partial charge in [0.2, 0.25) is 0 Å². The lowest BCUT2D eigenvalue weighted by Crippen LogP contribution is -2.38. The summed E-state index contributed by atoms with van der Waals surface area (Å²) < 4.78 is 10.6. The number of benzene rings is 2. The Morgan fingerprint density at radius 3 is 2.54 bits per heavy atom. The normalized spacial score (nSPS) is 11.5. The average Bonchev–Trinajstić information content (AvgIpc) is 2.68. The van der Waals surface area contributed by atoms with Gasteiger partial charge in [-0.05, 0) is 42.2 Å². The fourth-order valence-electron chi connectivity index (χ4n) is 2.33. The minimum atomic E-state index is -0.719. The highest BCUT2D eigenvalue weighted by molar-refractivity contribution is 7.98. The van der Waals surface area contributed by atoms with E-state index in [1.54, 1.807) is 32.0 Å². The van der Waals surface area contributed by atoms with E-state index in [-0.39, 0.29) is 12.6 Å². The summed E-state index contributed by atoms with van der Waals surface area (Å²) in [5.41, 5.74) is 1.42. The molecule has 0 saturated heterocycles. The van der Waals surface area contributed by atoms with Crippen molar-refractivity contribution in [1.29, 1.82) is 0 Å². The Balaban J connectivity index is 1.93. The first-order valence-electron chi connectivity index (χ1n) is 7.97. The summed E-state index contributed by atoms with van der Waals surface area (Å²) in [4.78, 5) is 25.1. The smallest absolute Gasteiger partial charge is 0.313 e. The van der Waals surface area contributed by atoms with E-state index in [9.17, 15) is 9.59 Å². The fourth-order valence-corrected chi connectivity index (χ4v) is 2.79. The number of thioether (sulfide) groups is 1. The monoisotopic (exact) mass is 374 g/mol. The molecule has 1 unspecified atom stereocenters. The summed E-state index contributed by atoms with van der Waals surface area (Å²) in [6.07, 6.45) is 1.55. The van der Waals surface area contributed by atoms with Gasteiger partial charge in [0.1, 0.15) is 5.75 Å². The maximum Gasteiger partial charge on any atom is 0.313 e. The Hall–Kier alpha value is -2.51. The Morgan fingerprint density at radius 1 is 1.08 bits per heavy atom. The molecular weight excluding hydrogens is 352 g/mol. The van der Waals surface area contributed by atoms with E-state index in [2.05, 4.69) is 10.6 Å². The van der Waals surface area contributed by atoms with Gasteiger partial charge in [-0.15, -0.1) is 11.8 Å². The molecule has 0 spiro atoms. The minimum absolute atomic E-state index is 0.167. The second-order valence-electron chi connectivity index (χ2n) is 5.40. The topological polar surface area (TPSA) is 76.7 Å². The first-order chi connectivity index (χ1) is 12.6. The van der Waals surface area contributed by atoms with Gasteiger partial charge in [0.25, 0.3) is 0 Å². The maximum atomic E-state index is 12.1. The van der Waals surface area contributed by atoms with E-state index in [1.165, 1.54) is 0 Å². The first kappa shape index (κ1) is 19.8. The van der Waals surface area contributed by atoms with E-state index in [4.69, 9.17) is 9.47 Å². The predicted octanol–water partition coefficient (Wildman–Crippen LogP) is 2.86. The molecule has 0 aliphatic carbocycles. The Morgan fingerprint density at radius 2 is 1.85 bits per heavy atom. The number of amides is 2. The van der Waals surface area contributed by atoms with Gasteiger partial charge in [-0.2, -0.15) is 0 Å². The highest BCUT2D eigenvalue weighted by atomic mass is 32.2. The third kappa shape index (κ3) is 5.50. The van der Waals surface area contributed by atoms with E-state index < -0.39 is 11.8 Å². The summed E-state index contributed by atoms with van der Waals surface area (Å²) in [6.45, 7) is 0.167. The highest BCUT2D eigenvalue weighted by Gasteiger charge is 2.17. The SMILES string of the molecule is COc1cccc(C(CNC(=O)C(=O)Nc2cccc(SC)c2)OC)c1. The zero-order valence-corrected chi connectivity index (χ0v) is 15.8. The molecule has 0 aliphatic heterocycles. The molecule has 2 rings (SSSR count). The van der Waals surface area contributed by atoms with E-state index >= 15 is 0 Å². The number of hydrogen-bond acceptors (Lipinski definition) is 5. The van der Waals surface area contributed by atoms with Crippen LogP contribution in [0.2, 0.25) is 0 Å². The van der Waals surface area contributed by atoms with Crippen LogP contribution in [0.5, 0.6) is 5.75 Å². The van der Waals surface area contributed by atoms with E-state index in [0.29, 0.717) is 11.4 Å². The molecule has 0 fully saturated rings. The van der Waals surface area contributed by atoms with E-state index in [1.807, 2.05) is 48.7 Å². The van der Waals surface area contributed by atoms with Crippen LogP contribution in [0.25, 0.3) is 0 Å². The molecular formula is C19H22N2O4S. The molecule has 0 saturated carbocycles. The van der Waals surface area contributed by atoms with Crippen molar-refractivity contribution in [2.24, 2.45) is 0 Å². The number of ether oxygens (including phenoxy) is 2. The summed E-state index contributed by atoms with van der Waals surface area (Å²) >= 11 is 1.56. The molecule has 0 bridgehead atoms. The zero-order chi connectivity index (χ0) is 18.9. The Labute approximate surface area is 157 Å². The van der Waals surface area contributed by atoms with Crippen LogP contribution < -0.4 is 15.4 Å². The summed E-state index contributed by atoms with van der Waals surface area (Å²) in [6, 6.07) is 14.7. The number of carbonyl (C=O) groups is 2. The molecule has 2 aromatic rings. The highest BCUT2D eigenvalue weighted by Crippen LogP contribution is 2.21. The van der Waals surface area contributed by atoms with Gasteiger partial charge in [0.15, 0.2) is 0 Å². The zero-order valence-electron chi connectivity index (χ0n) is 14.9. The van der Waals surface area contributed by atoms with Crippen LogP contribution in [0, 0.1) is 0 Å². The third-order valence-corrected chi connectivity index (χ3v) is 4.46. The lowest BCUT2D eigenvalue weighted by molar-refractivity contribution is -0.136. The van der Waals surface area contributed by atoms with Crippen LogP contribution in [0.4, 0.5) is 5.69 Å². The van der Waals surface area contributed by atoms with Gasteiger partial charge in [0, 0.05) is 24.2 Å². The molecule has 2 amide bonds. The molecule has 6 nitrogen and oxygen atoms in total. The number of anilines is 1. The molecule has 7 heteroatoms. The van der Waals surface area contributed by atoms with Crippen molar-refractivity contribution >= 4 is 29.3 Å². The molecule has 2 aromatic carbocycles. The molecule has 0 aromatic heterocycles. The van der Waals surface area contributed by atoms with Crippen LogP contribution in [-0.4, -0.2) is 38.8 Å². The largest absolute Gasteiger partial charge is 0.497 e. The van der Waals surface area contributed by atoms with Crippen molar-refractivity contribution in [3.05, 3.63) is 54.1 Å². The molecule has 1 atom stereocenters. The van der Waals surface area contributed by atoms with Gasteiger partial charge in [-0.3, -0.25) is 9.59 Å². The number of carbonyl (C=O) groups excluding carboxylic acids is 2. The van der Waals surface area contributed by atoms with E-state index in [0.717, 1.165) is 10.5 Å². The summed E-state index contributed by atoms with van der Waals surface area (Å²) in [5.74, 6) is -0.740. The van der Waals surface area contributed by atoms with Gasteiger partial charge >= 0.3 is 11.8 Å². The third-order valence-electron chi connectivity index (χ3n) is 3.73. The molecule has 0 radical (unpaired) electrons. The molecule has 26 heavy (non-hydrogen) atoms. The second-order valence-corrected chi connectivity index (χ2v) is 6.28. The lowest BCUT2D eigenvalue weighted by atomic mass is 10.1. The van der Waals surface area contributed by atoms with Crippen molar-refractivity contribution in [2.75, 3.05) is 32.3 Å². The molecule has 2 N–H and O–H groups in total. The van der Waals surface area contributed by atoms with Crippen molar-refractivity contribution in [3.8, 4) is 5.75 Å². The van der Waals surface area contributed by atoms with Crippen LogP contribution in [0.1, 0.15) is 11.7 Å². The molecule has 0 aliphatic rings. The summed E-state index contributed by atoms with van der Waals surface area (Å²) in [5, 5.41) is 5.19. The number of hydrogen-bond donors (Lipinski definition) is 2. The van der Waals surface area contributed by atoms with Crippen molar-refractivity contribution < 1.29 is 19.1 Å². The molecule has 138 valence electrons. The van der Waals surface area contributed by atoms with Crippen molar-refractivity contribution in [1.82, 2.24) is 5.32 Å². The fraction of sp³-hybridized carbons (Fsp3) is 0.263. The van der Waals surface area contributed by atoms with Crippen LogP contribution >= 0.6 is 11.8 Å². The number of rotatable bonds is 7. The Kier molecular flexibility index (Phi) is 7.50. The van der Waals surface area contributed by atoms with Crippen molar-refractivity contribution in [3.63, 3.8) is 0 Å². The second kappa shape index (κ2) is 9.84. The van der Waals surface area contributed by atoms with Crippen LogP contribution in [-0.2, 0) is 14.3 Å². The predicted molar refractivity (Wildman–Crippen MR) is 103 cm³/mol. The summed E-state index contributed by atoms with van der Waals surface area (Å²) in [7, 11) is 3.13. The molecule has 0 heterocycles.